The Morgan fingerprint density at radius 1 is 0.885 bits per heavy atom. The molecule has 128 valence electrons. The largest absolute Gasteiger partial charge is 0.289 e. The second-order valence-electron chi connectivity index (χ2n) is 6.52. The van der Waals surface area contributed by atoms with Crippen LogP contribution in [0.5, 0.6) is 0 Å². The minimum absolute atomic E-state index is 0.106. The zero-order valence-electron chi connectivity index (χ0n) is 14.2. The summed E-state index contributed by atoms with van der Waals surface area (Å²) >= 11 is 0. The van der Waals surface area contributed by atoms with Crippen LogP contribution in [0.1, 0.15) is 23.5 Å². The number of non-ortho nitro benzene ring substituents is 1. The number of rotatable bonds is 5. The first-order chi connectivity index (χ1) is 12.7. The maximum Gasteiger partial charge on any atom is 0.269 e. The van der Waals surface area contributed by atoms with Crippen LogP contribution in [0.15, 0.2) is 83.9 Å². The van der Waals surface area contributed by atoms with E-state index >= 15 is 0 Å². The van der Waals surface area contributed by atoms with Crippen molar-refractivity contribution in [1.82, 2.24) is 0 Å². The van der Waals surface area contributed by atoms with Gasteiger partial charge in [-0.3, -0.25) is 15.1 Å². The summed E-state index contributed by atoms with van der Waals surface area (Å²) in [6.45, 7) is 0. The lowest BCUT2D eigenvalue weighted by Crippen LogP contribution is -1.88. The van der Waals surface area contributed by atoms with E-state index in [9.17, 15) is 10.1 Å². The highest BCUT2D eigenvalue weighted by molar-refractivity contribution is 5.81. The maximum atomic E-state index is 10.7. The normalized spacial score (nSPS) is 18.8. The molecule has 1 aliphatic rings. The number of aliphatic imine (C=N–C) groups is 1. The van der Waals surface area contributed by atoms with Crippen LogP contribution in [-0.4, -0.2) is 17.2 Å². The number of nitro benzene ring substituents is 1. The molecule has 1 saturated carbocycles. The molecule has 0 spiro atoms. The monoisotopic (exact) mass is 342 g/mol. The molecule has 26 heavy (non-hydrogen) atoms. The lowest BCUT2D eigenvalue weighted by atomic mass is 10.0. The van der Waals surface area contributed by atoms with Gasteiger partial charge >= 0.3 is 0 Å². The van der Waals surface area contributed by atoms with Crippen molar-refractivity contribution in [2.75, 3.05) is 0 Å². The molecule has 0 saturated heterocycles. The van der Waals surface area contributed by atoms with E-state index in [0.29, 0.717) is 12.0 Å². The van der Waals surface area contributed by atoms with Gasteiger partial charge in [-0.15, -0.1) is 0 Å². The topological polar surface area (TPSA) is 55.5 Å². The summed E-state index contributed by atoms with van der Waals surface area (Å²) in [6.07, 6.45) is 3.05. The molecular weight excluding hydrogens is 324 g/mol. The van der Waals surface area contributed by atoms with Crippen molar-refractivity contribution in [2.45, 2.75) is 18.4 Å². The van der Waals surface area contributed by atoms with Crippen molar-refractivity contribution in [3.05, 3.63) is 100 Å². The Balaban J connectivity index is 1.41. The predicted molar refractivity (Wildman–Crippen MR) is 104 cm³/mol. The summed E-state index contributed by atoms with van der Waals surface area (Å²) in [5.74, 6) is 0.548. The molecule has 3 aromatic rings. The molecule has 2 atom stereocenters. The number of nitrogens with zero attached hydrogens (tertiary/aromatic N) is 2. The summed E-state index contributed by atoms with van der Waals surface area (Å²) in [6, 6.07) is 25.6. The van der Waals surface area contributed by atoms with E-state index in [1.165, 1.54) is 17.7 Å². The van der Waals surface area contributed by atoms with Gasteiger partial charge in [-0.2, -0.15) is 0 Å². The fourth-order valence-corrected chi connectivity index (χ4v) is 3.12. The van der Waals surface area contributed by atoms with Crippen LogP contribution < -0.4 is 0 Å². The van der Waals surface area contributed by atoms with Gasteiger partial charge in [0.2, 0.25) is 0 Å². The quantitative estimate of drug-likeness (QED) is 0.362. The Morgan fingerprint density at radius 3 is 2.12 bits per heavy atom. The molecule has 0 bridgehead atoms. The smallest absolute Gasteiger partial charge is 0.269 e. The molecule has 0 aromatic heterocycles. The molecule has 4 rings (SSSR count). The maximum absolute atomic E-state index is 10.7. The third-order valence-electron chi connectivity index (χ3n) is 4.72. The predicted octanol–water partition coefficient (Wildman–Crippen LogP) is 5.24. The Bertz CT molecular complexity index is 932. The highest BCUT2D eigenvalue weighted by Crippen LogP contribution is 2.43. The third-order valence-corrected chi connectivity index (χ3v) is 4.72. The molecule has 0 radical (unpaired) electrons. The van der Waals surface area contributed by atoms with E-state index in [0.717, 1.165) is 23.1 Å². The van der Waals surface area contributed by atoms with Gasteiger partial charge in [0.25, 0.3) is 5.69 Å². The van der Waals surface area contributed by atoms with E-state index in [4.69, 9.17) is 4.99 Å². The lowest BCUT2D eigenvalue weighted by Gasteiger charge is -2.02. The molecule has 4 heteroatoms. The van der Waals surface area contributed by atoms with Gasteiger partial charge in [-0.25, -0.2) is 0 Å². The number of hydrogen-bond donors (Lipinski definition) is 0. The molecular formula is C22H18N2O2. The molecule has 1 aliphatic carbocycles. The Kier molecular flexibility index (Phi) is 4.32. The van der Waals surface area contributed by atoms with Crippen LogP contribution in [0.25, 0.3) is 11.1 Å². The Labute approximate surface area is 152 Å². The van der Waals surface area contributed by atoms with Crippen molar-refractivity contribution in [3.8, 4) is 11.1 Å². The average Bonchev–Trinajstić information content (AvgIpc) is 3.47. The summed E-state index contributed by atoms with van der Waals surface area (Å²) in [5, 5.41) is 10.7. The minimum atomic E-state index is -0.385. The molecule has 1 fully saturated rings. The van der Waals surface area contributed by atoms with Crippen LogP contribution in [0.3, 0.4) is 0 Å². The zero-order chi connectivity index (χ0) is 17.9. The molecule has 0 N–H and O–H groups in total. The van der Waals surface area contributed by atoms with Gasteiger partial charge in [-0.1, -0.05) is 54.6 Å². The first-order valence-corrected chi connectivity index (χ1v) is 8.64. The summed E-state index contributed by atoms with van der Waals surface area (Å²) in [4.78, 5) is 15.0. The number of nitro groups is 1. The molecule has 0 amide bonds. The van der Waals surface area contributed by atoms with Gasteiger partial charge in [0, 0.05) is 24.3 Å². The van der Waals surface area contributed by atoms with Gasteiger partial charge in [0.15, 0.2) is 0 Å². The summed E-state index contributed by atoms with van der Waals surface area (Å²) in [7, 11) is 0. The molecule has 0 aliphatic heterocycles. The highest BCUT2D eigenvalue weighted by Gasteiger charge is 2.37. The third kappa shape index (κ3) is 3.54. The summed E-state index contributed by atoms with van der Waals surface area (Å²) < 4.78 is 0. The van der Waals surface area contributed by atoms with Gasteiger partial charge in [0.05, 0.1) is 11.0 Å². The first kappa shape index (κ1) is 16.2. The van der Waals surface area contributed by atoms with E-state index in [1.54, 1.807) is 12.1 Å². The second-order valence-corrected chi connectivity index (χ2v) is 6.52. The van der Waals surface area contributed by atoms with Crippen LogP contribution in [0, 0.1) is 10.1 Å². The van der Waals surface area contributed by atoms with E-state index in [1.807, 2.05) is 36.5 Å². The van der Waals surface area contributed by atoms with E-state index in [-0.39, 0.29) is 10.6 Å². The van der Waals surface area contributed by atoms with Crippen molar-refractivity contribution < 1.29 is 4.92 Å². The van der Waals surface area contributed by atoms with E-state index < -0.39 is 0 Å². The fourth-order valence-electron chi connectivity index (χ4n) is 3.12. The minimum Gasteiger partial charge on any atom is -0.289 e. The van der Waals surface area contributed by atoms with Crippen LogP contribution in [0.2, 0.25) is 0 Å². The number of benzene rings is 3. The Morgan fingerprint density at radius 2 is 1.50 bits per heavy atom. The van der Waals surface area contributed by atoms with Gasteiger partial charge in [0.1, 0.15) is 0 Å². The van der Waals surface area contributed by atoms with Crippen molar-refractivity contribution in [1.29, 1.82) is 0 Å². The standard InChI is InChI=1S/C22H18N2O2/c25-24(26)20-12-10-18(11-13-20)17-8-6-16(7-9-17)15-23-22-14-21(22)19-4-2-1-3-5-19/h1-13,15,21-22H,14H2/t21-,22+/m1/s1. The van der Waals surface area contributed by atoms with Crippen LogP contribution in [-0.2, 0) is 0 Å². The van der Waals surface area contributed by atoms with Crippen molar-refractivity contribution in [2.24, 2.45) is 4.99 Å². The van der Waals surface area contributed by atoms with Crippen LogP contribution >= 0.6 is 0 Å². The first-order valence-electron chi connectivity index (χ1n) is 8.64. The van der Waals surface area contributed by atoms with Crippen molar-refractivity contribution in [3.63, 3.8) is 0 Å². The van der Waals surface area contributed by atoms with Gasteiger partial charge in [-0.05, 0) is 40.8 Å². The van der Waals surface area contributed by atoms with Crippen LogP contribution in [0.4, 0.5) is 5.69 Å². The molecule has 0 unspecified atom stereocenters. The molecule has 3 aromatic carbocycles. The lowest BCUT2D eigenvalue weighted by molar-refractivity contribution is -0.384. The summed E-state index contributed by atoms with van der Waals surface area (Å²) in [5.41, 5.74) is 4.53. The zero-order valence-corrected chi connectivity index (χ0v) is 14.2. The average molecular weight is 342 g/mol. The molecule has 0 heterocycles. The SMILES string of the molecule is O=[N+]([O-])c1ccc(-c2ccc(C=N[C@H]3C[C@@H]3c3ccccc3)cc2)cc1. The van der Waals surface area contributed by atoms with E-state index in [2.05, 4.69) is 24.3 Å². The second kappa shape index (κ2) is 6.92. The van der Waals surface area contributed by atoms with Gasteiger partial charge < -0.3 is 0 Å². The Hall–Kier alpha value is -3.27. The highest BCUT2D eigenvalue weighted by atomic mass is 16.6. The fraction of sp³-hybridized carbons (Fsp3) is 0.136. The molecule has 4 nitrogen and oxygen atoms in total. The number of hydrogen-bond acceptors (Lipinski definition) is 3. The van der Waals surface area contributed by atoms with Crippen molar-refractivity contribution >= 4 is 11.9 Å².